The van der Waals surface area contributed by atoms with Crippen molar-refractivity contribution in [2.24, 2.45) is 0 Å². The van der Waals surface area contributed by atoms with E-state index in [0.29, 0.717) is 25.2 Å². The van der Waals surface area contributed by atoms with Crippen molar-refractivity contribution in [3.63, 3.8) is 0 Å². The van der Waals surface area contributed by atoms with E-state index >= 15 is 0 Å². The molecule has 132 valence electrons. The number of nitrogens with one attached hydrogen (secondary N) is 2. The first-order valence-electron chi connectivity index (χ1n) is 8.75. The third-order valence-electron chi connectivity index (χ3n) is 4.41. The van der Waals surface area contributed by atoms with Crippen LogP contribution in [0.3, 0.4) is 0 Å². The molecule has 1 aliphatic rings. The average Bonchev–Trinajstić information content (AvgIpc) is 3.11. The monoisotopic (exact) mass is 341 g/mol. The topological polar surface area (TPSA) is 91.0 Å². The number of hydrogen-bond acceptors (Lipinski definition) is 4. The van der Waals surface area contributed by atoms with Gasteiger partial charge in [0, 0.05) is 37.0 Å². The van der Waals surface area contributed by atoms with Crippen LogP contribution in [0.25, 0.3) is 11.3 Å². The quantitative estimate of drug-likeness (QED) is 0.874. The lowest BCUT2D eigenvalue weighted by molar-refractivity contribution is -0.140. The minimum Gasteiger partial charge on any atom is -0.331 e. The fourth-order valence-electron chi connectivity index (χ4n) is 3.13. The summed E-state index contributed by atoms with van der Waals surface area (Å²) in [6.07, 6.45) is 7.28. The molecule has 0 spiro atoms. The predicted octanol–water partition coefficient (Wildman–Crippen LogP) is 2.59. The van der Waals surface area contributed by atoms with E-state index in [1.54, 1.807) is 23.4 Å². The van der Waals surface area contributed by atoms with Gasteiger partial charge in [-0.15, -0.1) is 0 Å². The number of rotatable bonds is 5. The molecule has 2 amide bonds. The summed E-state index contributed by atoms with van der Waals surface area (Å²) in [5.74, 6) is 0.351. The van der Waals surface area contributed by atoms with Crippen LogP contribution < -0.4 is 5.32 Å². The van der Waals surface area contributed by atoms with Gasteiger partial charge >= 0.3 is 0 Å². The van der Waals surface area contributed by atoms with Gasteiger partial charge in [0.25, 0.3) is 0 Å². The summed E-state index contributed by atoms with van der Waals surface area (Å²) < 4.78 is 0. The number of carbonyl (C=O) groups is 2. The zero-order chi connectivity index (χ0) is 17.6. The van der Waals surface area contributed by atoms with Gasteiger partial charge in [-0.05, 0) is 37.8 Å². The van der Waals surface area contributed by atoms with E-state index in [9.17, 15) is 9.59 Å². The number of pyridine rings is 1. The number of H-pyrrole nitrogens is 1. The summed E-state index contributed by atoms with van der Waals surface area (Å²) >= 11 is 0. The maximum Gasteiger partial charge on any atom is 0.248 e. The minimum absolute atomic E-state index is 0.0573. The number of amides is 2. The molecule has 1 unspecified atom stereocenters. The van der Waals surface area contributed by atoms with Crippen LogP contribution in [0, 0.1) is 0 Å². The highest BCUT2D eigenvalue weighted by Gasteiger charge is 2.31. The van der Waals surface area contributed by atoms with Gasteiger partial charge in [0.05, 0.1) is 5.69 Å². The van der Waals surface area contributed by atoms with E-state index in [1.165, 1.54) is 0 Å². The number of aromatic nitrogens is 3. The highest BCUT2D eigenvalue weighted by Crippen LogP contribution is 2.22. The second-order valence-corrected chi connectivity index (χ2v) is 6.24. The largest absolute Gasteiger partial charge is 0.331 e. The Hall–Kier alpha value is -2.70. The summed E-state index contributed by atoms with van der Waals surface area (Å²) in [5, 5.41) is 9.90. The van der Waals surface area contributed by atoms with E-state index in [-0.39, 0.29) is 11.8 Å². The van der Waals surface area contributed by atoms with E-state index in [1.807, 2.05) is 19.1 Å². The Morgan fingerprint density at radius 1 is 1.32 bits per heavy atom. The third-order valence-corrected chi connectivity index (χ3v) is 4.41. The van der Waals surface area contributed by atoms with Crippen molar-refractivity contribution in [1.82, 2.24) is 20.1 Å². The van der Waals surface area contributed by atoms with Gasteiger partial charge in [-0.1, -0.05) is 6.92 Å². The maximum atomic E-state index is 12.7. The third kappa shape index (κ3) is 4.04. The van der Waals surface area contributed by atoms with Gasteiger partial charge in [0.15, 0.2) is 5.82 Å². The molecule has 1 atom stereocenters. The Morgan fingerprint density at radius 3 is 2.88 bits per heavy atom. The van der Waals surface area contributed by atoms with E-state index < -0.39 is 6.04 Å². The summed E-state index contributed by atoms with van der Waals surface area (Å²) in [4.78, 5) is 30.6. The molecule has 0 aliphatic carbocycles. The number of hydrogen-bond donors (Lipinski definition) is 2. The van der Waals surface area contributed by atoms with Gasteiger partial charge in [-0.25, -0.2) is 0 Å². The molecule has 25 heavy (non-hydrogen) atoms. The summed E-state index contributed by atoms with van der Waals surface area (Å²) in [5.41, 5.74) is 1.75. The van der Waals surface area contributed by atoms with Crippen molar-refractivity contribution in [3.8, 4) is 11.3 Å². The van der Waals surface area contributed by atoms with Gasteiger partial charge in [0.2, 0.25) is 11.8 Å². The first kappa shape index (κ1) is 17.1. The lowest BCUT2D eigenvalue weighted by Crippen LogP contribution is -2.49. The van der Waals surface area contributed by atoms with Crippen molar-refractivity contribution in [1.29, 1.82) is 0 Å². The summed E-state index contributed by atoms with van der Waals surface area (Å²) in [7, 11) is 0. The van der Waals surface area contributed by atoms with E-state index in [2.05, 4.69) is 20.5 Å². The SMILES string of the molecule is CCCC(=O)N1CCCCC1C(=O)Nc1cc(-c2ccncc2)[nH]n1. The zero-order valence-corrected chi connectivity index (χ0v) is 14.4. The number of carbonyl (C=O) groups excluding carboxylic acids is 2. The Morgan fingerprint density at radius 2 is 2.12 bits per heavy atom. The smallest absolute Gasteiger partial charge is 0.248 e. The summed E-state index contributed by atoms with van der Waals surface area (Å²) in [6, 6.07) is 5.11. The van der Waals surface area contributed by atoms with Crippen molar-refractivity contribution >= 4 is 17.6 Å². The van der Waals surface area contributed by atoms with Crippen LogP contribution in [0.2, 0.25) is 0 Å². The predicted molar refractivity (Wildman–Crippen MR) is 94.7 cm³/mol. The number of anilines is 1. The molecule has 1 saturated heterocycles. The van der Waals surface area contributed by atoms with Gasteiger partial charge < -0.3 is 10.2 Å². The molecule has 0 saturated carbocycles. The fraction of sp³-hybridized carbons (Fsp3) is 0.444. The normalized spacial score (nSPS) is 17.3. The van der Waals surface area contributed by atoms with Gasteiger partial charge in [-0.2, -0.15) is 5.10 Å². The highest BCUT2D eigenvalue weighted by atomic mass is 16.2. The van der Waals surface area contributed by atoms with Crippen LogP contribution in [0.1, 0.15) is 39.0 Å². The molecule has 0 aromatic carbocycles. The number of piperidine rings is 1. The minimum atomic E-state index is -0.408. The molecule has 7 heteroatoms. The highest BCUT2D eigenvalue weighted by molar-refractivity contribution is 5.97. The fourth-order valence-corrected chi connectivity index (χ4v) is 3.13. The lowest BCUT2D eigenvalue weighted by atomic mass is 10.0. The van der Waals surface area contributed by atoms with Crippen molar-refractivity contribution < 1.29 is 9.59 Å². The standard InChI is InChI=1S/C18H23N5O2/c1-2-5-17(24)23-11-4-3-6-15(23)18(25)20-16-12-14(21-22-16)13-7-9-19-10-8-13/h7-10,12,15H,2-6,11H2,1H3,(H2,20,21,22,25). The van der Waals surface area contributed by atoms with Crippen molar-refractivity contribution in [2.45, 2.75) is 45.1 Å². The van der Waals surface area contributed by atoms with Crippen molar-refractivity contribution in [3.05, 3.63) is 30.6 Å². The van der Waals surface area contributed by atoms with Crippen LogP contribution in [0.5, 0.6) is 0 Å². The second-order valence-electron chi connectivity index (χ2n) is 6.24. The molecule has 2 aromatic heterocycles. The Balaban J connectivity index is 1.68. The molecule has 2 aromatic rings. The van der Waals surface area contributed by atoms with Gasteiger partial charge in [-0.3, -0.25) is 19.7 Å². The first-order chi connectivity index (χ1) is 12.2. The Kier molecular flexibility index (Phi) is 5.42. The first-order valence-corrected chi connectivity index (χ1v) is 8.75. The molecule has 3 heterocycles. The van der Waals surface area contributed by atoms with E-state index in [4.69, 9.17) is 0 Å². The zero-order valence-electron chi connectivity index (χ0n) is 14.4. The van der Waals surface area contributed by atoms with Gasteiger partial charge in [0.1, 0.15) is 6.04 Å². The second kappa shape index (κ2) is 7.92. The number of nitrogens with zero attached hydrogens (tertiary/aromatic N) is 3. The van der Waals surface area contributed by atoms with Crippen molar-refractivity contribution in [2.75, 3.05) is 11.9 Å². The molecule has 3 rings (SSSR count). The van der Waals surface area contributed by atoms with E-state index in [0.717, 1.165) is 30.5 Å². The molecule has 0 radical (unpaired) electrons. The molecule has 7 nitrogen and oxygen atoms in total. The molecular weight excluding hydrogens is 318 g/mol. The van der Waals surface area contributed by atoms with Crippen LogP contribution >= 0.6 is 0 Å². The Bertz CT molecular complexity index is 728. The molecule has 0 bridgehead atoms. The molecule has 2 N–H and O–H groups in total. The average molecular weight is 341 g/mol. The lowest BCUT2D eigenvalue weighted by Gasteiger charge is -2.34. The summed E-state index contributed by atoms with van der Waals surface area (Å²) in [6.45, 7) is 2.63. The van der Waals surface area contributed by atoms with Crippen LogP contribution in [-0.4, -0.2) is 44.5 Å². The van der Waals surface area contributed by atoms with Crippen LogP contribution in [0.4, 0.5) is 5.82 Å². The number of likely N-dealkylation sites (tertiary alicyclic amines) is 1. The maximum absolute atomic E-state index is 12.7. The Labute approximate surface area is 146 Å². The molecule has 1 aliphatic heterocycles. The molecule has 1 fully saturated rings. The molecular formula is C18H23N5O2. The van der Waals surface area contributed by atoms with Crippen LogP contribution in [0.15, 0.2) is 30.6 Å². The number of aromatic amines is 1. The van der Waals surface area contributed by atoms with Crippen LogP contribution in [-0.2, 0) is 9.59 Å².